The third kappa shape index (κ3) is 2.87. The van der Waals surface area contributed by atoms with Crippen molar-refractivity contribution in [2.45, 2.75) is 52.7 Å². The van der Waals surface area contributed by atoms with E-state index in [-0.39, 0.29) is 0 Å². The van der Waals surface area contributed by atoms with Crippen molar-refractivity contribution in [3.63, 3.8) is 0 Å². The van der Waals surface area contributed by atoms with Gasteiger partial charge in [0.1, 0.15) is 0 Å². The van der Waals surface area contributed by atoms with Crippen LogP contribution < -0.4 is 0 Å². The molecule has 4 rings (SSSR count). The maximum Gasteiger partial charge on any atom is 0.0515 e. The summed E-state index contributed by atoms with van der Waals surface area (Å²) in [4.78, 5) is 6.73. The minimum atomic E-state index is 0.613. The quantitative estimate of drug-likeness (QED) is 0.707. The number of nitrogens with zero attached hydrogens (tertiary/aromatic N) is 3. The molecule has 0 aliphatic carbocycles. The van der Waals surface area contributed by atoms with Crippen LogP contribution in [0.1, 0.15) is 36.2 Å². The van der Waals surface area contributed by atoms with Gasteiger partial charge in [-0.15, -0.1) is 0 Å². The summed E-state index contributed by atoms with van der Waals surface area (Å²) in [5.41, 5.74) is 7.28. The molecule has 1 aliphatic heterocycles. The van der Waals surface area contributed by atoms with Crippen molar-refractivity contribution in [3.8, 4) is 0 Å². The topological polar surface area (TPSA) is 21.1 Å². The van der Waals surface area contributed by atoms with Gasteiger partial charge >= 0.3 is 0 Å². The standard InChI is InChI=1S/C22H27N3/c1-4-24-15-20-19-7-5-6-16(2)22(19)25(21(20)14-17(24)3)13-10-18-8-11-23-12-9-18/h5-9,11-12,17H,4,10,13-15H2,1-3H3. The zero-order valence-electron chi connectivity index (χ0n) is 15.5. The predicted molar refractivity (Wildman–Crippen MR) is 104 cm³/mol. The van der Waals surface area contributed by atoms with Crippen LogP contribution in [0.3, 0.4) is 0 Å². The Hall–Kier alpha value is -2.13. The smallest absolute Gasteiger partial charge is 0.0515 e. The average Bonchev–Trinajstić information content (AvgIpc) is 2.94. The molecule has 3 heteroatoms. The third-order valence-electron chi connectivity index (χ3n) is 5.76. The molecule has 0 fully saturated rings. The van der Waals surface area contributed by atoms with E-state index >= 15 is 0 Å². The fourth-order valence-corrected chi connectivity index (χ4v) is 4.35. The van der Waals surface area contributed by atoms with Crippen LogP contribution in [0.15, 0.2) is 42.7 Å². The van der Waals surface area contributed by atoms with Gasteiger partial charge in [-0.25, -0.2) is 0 Å². The normalized spacial score (nSPS) is 17.8. The van der Waals surface area contributed by atoms with Crippen molar-refractivity contribution in [1.29, 1.82) is 0 Å². The summed E-state index contributed by atoms with van der Waals surface area (Å²) in [6.07, 6.45) is 5.99. The van der Waals surface area contributed by atoms with Crippen molar-refractivity contribution in [2.24, 2.45) is 0 Å². The number of rotatable bonds is 4. The lowest BCUT2D eigenvalue weighted by Crippen LogP contribution is -2.38. The van der Waals surface area contributed by atoms with Gasteiger partial charge in [0.05, 0.1) is 5.52 Å². The van der Waals surface area contributed by atoms with Gasteiger partial charge in [0.2, 0.25) is 0 Å². The number of para-hydroxylation sites is 1. The van der Waals surface area contributed by atoms with Gasteiger partial charge in [-0.2, -0.15) is 0 Å². The Kier molecular flexibility index (Phi) is 4.34. The van der Waals surface area contributed by atoms with Crippen molar-refractivity contribution in [3.05, 3.63) is 65.1 Å². The van der Waals surface area contributed by atoms with E-state index in [0.29, 0.717) is 6.04 Å². The SMILES string of the molecule is CCN1Cc2c(n(CCc3ccncc3)c3c(C)cccc23)CC1C. The molecule has 1 aliphatic rings. The highest BCUT2D eigenvalue weighted by Gasteiger charge is 2.27. The molecule has 3 aromatic rings. The summed E-state index contributed by atoms with van der Waals surface area (Å²) in [7, 11) is 0. The van der Waals surface area contributed by atoms with Gasteiger partial charge in [-0.3, -0.25) is 9.88 Å². The number of aromatic nitrogens is 2. The molecule has 0 amide bonds. The highest BCUT2D eigenvalue weighted by molar-refractivity contribution is 5.88. The molecule has 0 bridgehead atoms. The Balaban J connectivity index is 1.79. The average molecular weight is 333 g/mol. The third-order valence-corrected chi connectivity index (χ3v) is 5.76. The minimum absolute atomic E-state index is 0.613. The second-order valence-electron chi connectivity index (χ2n) is 7.27. The number of pyridine rings is 1. The molecule has 0 spiro atoms. The van der Waals surface area contributed by atoms with E-state index < -0.39 is 0 Å². The van der Waals surface area contributed by atoms with E-state index in [9.17, 15) is 0 Å². The largest absolute Gasteiger partial charge is 0.344 e. The number of hydrogen-bond acceptors (Lipinski definition) is 2. The van der Waals surface area contributed by atoms with Crippen LogP contribution in [0.4, 0.5) is 0 Å². The van der Waals surface area contributed by atoms with Gasteiger partial charge in [0.15, 0.2) is 0 Å². The van der Waals surface area contributed by atoms with E-state index in [0.717, 1.165) is 32.5 Å². The van der Waals surface area contributed by atoms with Crippen molar-refractivity contribution in [1.82, 2.24) is 14.5 Å². The lowest BCUT2D eigenvalue weighted by molar-refractivity contribution is 0.192. The maximum atomic E-state index is 4.14. The number of likely N-dealkylation sites (N-methyl/N-ethyl adjacent to an activating group) is 1. The highest BCUT2D eigenvalue weighted by atomic mass is 15.2. The molecule has 0 saturated heterocycles. The van der Waals surface area contributed by atoms with Gasteiger partial charge in [0, 0.05) is 49.0 Å². The first-order valence-electron chi connectivity index (χ1n) is 9.41. The molecule has 0 radical (unpaired) electrons. The lowest BCUT2D eigenvalue weighted by atomic mass is 9.99. The van der Waals surface area contributed by atoms with Crippen LogP contribution in [-0.2, 0) is 25.9 Å². The van der Waals surface area contributed by atoms with Gasteiger partial charge in [0.25, 0.3) is 0 Å². The fraction of sp³-hybridized carbons (Fsp3) is 0.409. The fourth-order valence-electron chi connectivity index (χ4n) is 4.35. The zero-order valence-corrected chi connectivity index (χ0v) is 15.5. The monoisotopic (exact) mass is 333 g/mol. The number of fused-ring (bicyclic) bond motifs is 3. The molecule has 130 valence electrons. The molecule has 3 nitrogen and oxygen atoms in total. The van der Waals surface area contributed by atoms with Crippen LogP contribution in [-0.4, -0.2) is 27.0 Å². The van der Waals surface area contributed by atoms with Crippen LogP contribution in [0, 0.1) is 6.92 Å². The van der Waals surface area contributed by atoms with E-state index in [1.165, 1.54) is 22.0 Å². The summed E-state index contributed by atoms with van der Waals surface area (Å²) in [5, 5.41) is 1.45. The molecule has 0 saturated carbocycles. The summed E-state index contributed by atoms with van der Waals surface area (Å²) in [5.74, 6) is 0. The second-order valence-corrected chi connectivity index (χ2v) is 7.27. The number of aryl methyl sites for hydroxylation is 3. The summed E-state index contributed by atoms with van der Waals surface area (Å²) >= 11 is 0. The predicted octanol–water partition coefficient (Wildman–Crippen LogP) is 4.35. The molecular formula is C22H27N3. The first-order valence-corrected chi connectivity index (χ1v) is 9.41. The second kappa shape index (κ2) is 6.64. The van der Waals surface area contributed by atoms with E-state index in [1.54, 1.807) is 11.3 Å². The molecule has 3 heterocycles. The Morgan fingerprint density at radius 3 is 2.72 bits per heavy atom. The Morgan fingerprint density at radius 2 is 1.96 bits per heavy atom. The van der Waals surface area contributed by atoms with Gasteiger partial charge in [-0.1, -0.05) is 25.1 Å². The number of hydrogen-bond donors (Lipinski definition) is 0. The van der Waals surface area contributed by atoms with Crippen LogP contribution in [0.25, 0.3) is 10.9 Å². The first-order chi connectivity index (χ1) is 12.2. The molecule has 2 aromatic heterocycles. The summed E-state index contributed by atoms with van der Waals surface area (Å²) in [6.45, 7) is 10.1. The Bertz CT molecular complexity index is 879. The van der Waals surface area contributed by atoms with Crippen molar-refractivity contribution >= 4 is 10.9 Å². The van der Waals surface area contributed by atoms with Crippen LogP contribution in [0.2, 0.25) is 0 Å². The van der Waals surface area contributed by atoms with E-state index in [2.05, 4.69) is 65.6 Å². The zero-order chi connectivity index (χ0) is 17.4. The van der Waals surface area contributed by atoms with Gasteiger partial charge in [-0.05, 0) is 55.6 Å². The van der Waals surface area contributed by atoms with Crippen molar-refractivity contribution < 1.29 is 0 Å². The molecule has 25 heavy (non-hydrogen) atoms. The highest BCUT2D eigenvalue weighted by Crippen LogP contribution is 2.34. The minimum Gasteiger partial charge on any atom is -0.344 e. The molecule has 1 atom stereocenters. The molecule has 0 N–H and O–H groups in total. The maximum absolute atomic E-state index is 4.14. The number of benzene rings is 1. The first kappa shape index (κ1) is 16.3. The van der Waals surface area contributed by atoms with Gasteiger partial charge < -0.3 is 4.57 Å². The Labute approximate surface area is 150 Å². The van der Waals surface area contributed by atoms with E-state index in [1.807, 2.05) is 12.4 Å². The molecule has 1 unspecified atom stereocenters. The molecular weight excluding hydrogens is 306 g/mol. The van der Waals surface area contributed by atoms with Crippen LogP contribution >= 0.6 is 0 Å². The lowest BCUT2D eigenvalue weighted by Gasteiger charge is -2.33. The van der Waals surface area contributed by atoms with E-state index in [4.69, 9.17) is 0 Å². The van der Waals surface area contributed by atoms with Crippen molar-refractivity contribution in [2.75, 3.05) is 6.54 Å². The van der Waals surface area contributed by atoms with Crippen LogP contribution in [0.5, 0.6) is 0 Å². The summed E-state index contributed by atoms with van der Waals surface area (Å²) in [6, 6.07) is 11.6. The Morgan fingerprint density at radius 1 is 1.16 bits per heavy atom. The summed E-state index contributed by atoms with van der Waals surface area (Å²) < 4.78 is 2.60. The molecule has 1 aromatic carbocycles.